The van der Waals surface area contributed by atoms with Gasteiger partial charge in [-0.15, -0.1) is 11.3 Å². The molecule has 0 spiro atoms. The number of rotatable bonds is 4. The van der Waals surface area contributed by atoms with E-state index in [1.807, 2.05) is 11.3 Å². The Bertz CT molecular complexity index is 705. The first-order valence-electron chi connectivity index (χ1n) is 5.94. The summed E-state index contributed by atoms with van der Waals surface area (Å²) in [4.78, 5) is 10.8. The van der Waals surface area contributed by atoms with E-state index < -0.39 is 0 Å². The van der Waals surface area contributed by atoms with Crippen molar-refractivity contribution in [3.63, 3.8) is 0 Å². The number of hydrogen-bond donors (Lipinski definition) is 1. The molecule has 0 amide bonds. The van der Waals surface area contributed by atoms with E-state index in [0.717, 1.165) is 18.8 Å². The van der Waals surface area contributed by atoms with Crippen molar-refractivity contribution >= 4 is 34.5 Å². The summed E-state index contributed by atoms with van der Waals surface area (Å²) in [7, 11) is 0. The quantitative estimate of drug-likeness (QED) is 0.751. The normalized spacial score (nSPS) is 11.1. The van der Waals surface area contributed by atoms with Crippen LogP contribution in [0.3, 0.4) is 0 Å². The van der Waals surface area contributed by atoms with Crippen LogP contribution in [0, 0.1) is 0 Å². The number of anilines is 1. The van der Waals surface area contributed by atoms with Gasteiger partial charge in [-0.05, 0) is 18.6 Å². The molecule has 0 aliphatic rings. The molecule has 0 radical (unpaired) electrons. The van der Waals surface area contributed by atoms with Gasteiger partial charge in [0.25, 0.3) is 5.78 Å². The summed E-state index contributed by atoms with van der Waals surface area (Å²) in [5.74, 6) is 1.29. The second kappa shape index (κ2) is 5.14. The first kappa shape index (κ1) is 12.4. The molecule has 0 aliphatic carbocycles. The van der Waals surface area contributed by atoms with Crippen molar-refractivity contribution in [2.75, 3.05) is 5.32 Å². The Kier molecular flexibility index (Phi) is 3.35. The fourth-order valence-corrected chi connectivity index (χ4v) is 2.87. The molecule has 3 heterocycles. The van der Waals surface area contributed by atoms with E-state index in [2.05, 4.69) is 39.4 Å². The number of fused-ring (bicyclic) bond motifs is 1. The fourth-order valence-electron chi connectivity index (χ4n) is 1.79. The molecular formula is C12H12ClN5S. The summed E-state index contributed by atoms with van der Waals surface area (Å²) in [6.07, 6.45) is 2.53. The van der Waals surface area contributed by atoms with Crippen LogP contribution in [-0.4, -0.2) is 19.6 Å². The molecule has 1 N–H and O–H groups in total. The number of hydrogen-bond acceptors (Lipinski definition) is 5. The van der Waals surface area contributed by atoms with E-state index in [9.17, 15) is 0 Å². The standard InChI is InChI=1S/C12H12ClN5S/c1-2-8-3-4-9(19-8)6-14-11-5-10(13)17-12-15-7-16-18(11)12/h3-5,7,14H,2,6H2,1H3. The summed E-state index contributed by atoms with van der Waals surface area (Å²) in [5.41, 5.74) is 0. The lowest BCUT2D eigenvalue weighted by Crippen LogP contribution is -2.05. The van der Waals surface area contributed by atoms with Crippen molar-refractivity contribution in [3.05, 3.63) is 39.4 Å². The smallest absolute Gasteiger partial charge is 0.255 e. The third-order valence-electron chi connectivity index (χ3n) is 2.73. The highest BCUT2D eigenvalue weighted by molar-refractivity contribution is 7.12. The van der Waals surface area contributed by atoms with Crippen molar-refractivity contribution < 1.29 is 0 Å². The minimum atomic E-state index is 0.406. The first-order valence-corrected chi connectivity index (χ1v) is 7.13. The van der Waals surface area contributed by atoms with Crippen molar-refractivity contribution in [2.45, 2.75) is 19.9 Å². The van der Waals surface area contributed by atoms with Gasteiger partial charge >= 0.3 is 0 Å². The third kappa shape index (κ3) is 2.54. The highest BCUT2D eigenvalue weighted by Gasteiger charge is 2.06. The van der Waals surface area contributed by atoms with Crippen LogP contribution < -0.4 is 5.32 Å². The van der Waals surface area contributed by atoms with Crippen molar-refractivity contribution in [1.29, 1.82) is 0 Å². The van der Waals surface area contributed by atoms with Crippen molar-refractivity contribution in [3.8, 4) is 0 Å². The maximum Gasteiger partial charge on any atom is 0.255 e. The number of nitrogens with one attached hydrogen (secondary N) is 1. The molecule has 0 fully saturated rings. The average Bonchev–Trinajstić information content (AvgIpc) is 3.03. The predicted octanol–water partition coefficient (Wildman–Crippen LogP) is 3.01. The Morgan fingerprint density at radius 3 is 3.00 bits per heavy atom. The molecule has 7 heteroatoms. The predicted molar refractivity (Wildman–Crippen MR) is 76.8 cm³/mol. The van der Waals surface area contributed by atoms with Gasteiger partial charge in [-0.2, -0.15) is 19.6 Å². The summed E-state index contributed by atoms with van der Waals surface area (Å²) in [6, 6.07) is 6.04. The van der Waals surface area contributed by atoms with Crippen LogP contribution in [0.25, 0.3) is 5.78 Å². The molecule has 19 heavy (non-hydrogen) atoms. The minimum absolute atomic E-state index is 0.406. The molecule has 0 saturated carbocycles. The molecule has 3 aromatic heterocycles. The van der Waals surface area contributed by atoms with Crippen molar-refractivity contribution in [2.24, 2.45) is 0 Å². The van der Waals surface area contributed by atoms with Crippen LogP contribution in [0.2, 0.25) is 5.15 Å². The SMILES string of the molecule is CCc1ccc(CNc2cc(Cl)nc3ncnn23)s1. The fraction of sp³-hybridized carbons (Fsp3) is 0.250. The molecular weight excluding hydrogens is 282 g/mol. The molecule has 3 aromatic rings. The number of thiophene rings is 1. The van der Waals surface area contributed by atoms with E-state index >= 15 is 0 Å². The highest BCUT2D eigenvalue weighted by atomic mass is 35.5. The van der Waals surface area contributed by atoms with Gasteiger partial charge in [0.1, 0.15) is 17.3 Å². The van der Waals surface area contributed by atoms with Gasteiger partial charge in [-0.25, -0.2) is 0 Å². The number of aromatic nitrogens is 4. The van der Waals surface area contributed by atoms with Crippen LogP contribution in [0.1, 0.15) is 16.7 Å². The summed E-state index contributed by atoms with van der Waals surface area (Å²) < 4.78 is 1.64. The average molecular weight is 294 g/mol. The van der Waals surface area contributed by atoms with E-state index in [1.165, 1.54) is 16.1 Å². The van der Waals surface area contributed by atoms with Gasteiger partial charge in [0.2, 0.25) is 0 Å². The molecule has 3 rings (SSSR count). The molecule has 0 bridgehead atoms. The van der Waals surface area contributed by atoms with Crippen LogP contribution in [0.15, 0.2) is 24.5 Å². The number of nitrogens with zero attached hydrogens (tertiary/aromatic N) is 4. The van der Waals surface area contributed by atoms with Gasteiger partial charge in [-0.1, -0.05) is 18.5 Å². The van der Waals surface area contributed by atoms with Gasteiger partial charge in [0.15, 0.2) is 0 Å². The van der Waals surface area contributed by atoms with Crippen LogP contribution in [0.4, 0.5) is 5.82 Å². The number of aryl methyl sites for hydroxylation is 1. The maximum absolute atomic E-state index is 5.96. The van der Waals surface area contributed by atoms with E-state index in [0.29, 0.717) is 10.9 Å². The Balaban J connectivity index is 1.83. The molecule has 5 nitrogen and oxygen atoms in total. The van der Waals surface area contributed by atoms with E-state index in [4.69, 9.17) is 11.6 Å². The minimum Gasteiger partial charge on any atom is -0.365 e. The van der Waals surface area contributed by atoms with E-state index in [-0.39, 0.29) is 0 Å². The highest BCUT2D eigenvalue weighted by Crippen LogP contribution is 2.19. The zero-order valence-corrected chi connectivity index (χ0v) is 11.9. The second-order valence-electron chi connectivity index (χ2n) is 4.01. The van der Waals surface area contributed by atoms with Gasteiger partial charge in [0, 0.05) is 15.8 Å². The van der Waals surface area contributed by atoms with Gasteiger partial charge < -0.3 is 5.32 Å². The Morgan fingerprint density at radius 2 is 2.21 bits per heavy atom. The zero-order chi connectivity index (χ0) is 13.2. The number of halogens is 1. The van der Waals surface area contributed by atoms with Gasteiger partial charge in [-0.3, -0.25) is 0 Å². The largest absolute Gasteiger partial charge is 0.365 e. The van der Waals surface area contributed by atoms with Crippen LogP contribution in [0.5, 0.6) is 0 Å². The molecule has 0 unspecified atom stereocenters. The van der Waals surface area contributed by atoms with E-state index in [1.54, 1.807) is 10.6 Å². The monoisotopic (exact) mass is 293 g/mol. The lowest BCUT2D eigenvalue weighted by atomic mass is 10.3. The summed E-state index contributed by atoms with van der Waals surface area (Å²) >= 11 is 7.77. The van der Waals surface area contributed by atoms with Crippen LogP contribution >= 0.6 is 22.9 Å². The summed E-state index contributed by atoms with van der Waals surface area (Å²) in [5, 5.41) is 7.84. The molecule has 0 atom stereocenters. The lowest BCUT2D eigenvalue weighted by molar-refractivity contribution is 0.928. The Labute approximate surface area is 119 Å². The molecule has 0 aliphatic heterocycles. The molecule has 0 aromatic carbocycles. The molecule has 98 valence electrons. The second-order valence-corrected chi connectivity index (χ2v) is 5.65. The van der Waals surface area contributed by atoms with Crippen molar-refractivity contribution in [1.82, 2.24) is 19.6 Å². The van der Waals surface area contributed by atoms with Gasteiger partial charge in [0.05, 0.1) is 6.54 Å². The Hall–Kier alpha value is -1.66. The maximum atomic E-state index is 5.96. The summed E-state index contributed by atoms with van der Waals surface area (Å²) in [6.45, 7) is 2.89. The molecule has 0 saturated heterocycles. The zero-order valence-electron chi connectivity index (χ0n) is 10.3. The topological polar surface area (TPSA) is 55.1 Å². The first-order chi connectivity index (χ1) is 9.26. The Morgan fingerprint density at radius 1 is 1.37 bits per heavy atom. The van der Waals surface area contributed by atoms with Crippen LogP contribution in [-0.2, 0) is 13.0 Å². The third-order valence-corrected chi connectivity index (χ3v) is 4.15. The lowest BCUT2D eigenvalue weighted by Gasteiger charge is -2.06.